The van der Waals surface area contributed by atoms with Gasteiger partial charge in [-0.3, -0.25) is 0 Å². The zero-order valence-electron chi connectivity index (χ0n) is 12.8. The third kappa shape index (κ3) is 4.05. The Kier molecular flexibility index (Phi) is 5.91. The van der Waals surface area contributed by atoms with Crippen LogP contribution in [0.4, 0.5) is 32.2 Å². The number of halogens is 8. The first-order valence-corrected chi connectivity index (χ1v) is 8.44. The summed E-state index contributed by atoms with van der Waals surface area (Å²) in [7, 11) is -3.80. The summed E-state index contributed by atoms with van der Waals surface area (Å²) in [6, 6.07) is 3.51. The number of aromatic nitrogens is 2. The van der Waals surface area contributed by atoms with Crippen molar-refractivity contribution in [3.63, 3.8) is 0 Å². The Bertz CT molecular complexity index is 1040. The van der Waals surface area contributed by atoms with Crippen molar-refractivity contribution in [1.29, 1.82) is 10.7 Å². The molecule has 2 rings (SSSR count). The number of rotatable bonds is 3. The molecule has 1 heterocycles. The molecule has 0 aliphatic carbocycles. The first-order valence-electron chi connectivity index (χ1n) is 6.53. The van der Waals surface area contributed by atoms with Crippen LogP contribution in [0.2, 0.25) is 10.0 Å². The number of nitriles is 1. The highest BCUT2D eigenvalue weighted by Gasteiger charge is 2.43. The van der Waals surface area contributed by atoms with Crippen LogP contribution in [0.1, 0.15) is 11.3 Å². The van der Waals surface area contributed by atoms with Crippen molar-refractivity contribution in [3.8, 4) is 11.8 Å². The van der Waals surface area contributed by atoms with Gasteiger partial charge in [0.25, 0.3) is 0 Å². The summed E-state index contributed by atoms with van der Waals surface area (Å²) in [5.74, 6) is -0.953. The van der Waals surface area contributed by atoms with Crippen LogP contribution >= 0.6 is 23.2 Å². The third-order valence-electron chi connectivity index (χ3n) is 3.04. The molecule has 15 heteroatoms. The van der Waals surface area contributed by atoms with Gasteiger partial charge in [0.05, 0.1) is 21.6 Å². The molecule has 0 saturated heterocycles. The monoisotopic (exact) mass is 461 g/mol. The fourth-order valence-corrected chi connectivity index (χ4v) is 3.43. The maximum absolute atomic E-state index is 12.9. The van der Waals surface area contributed by atoms with Crippen LogP contribution in [0, 0.1) is 16.7 Å². The summed E-state index contributed by atoms with van der Waals surface area (Å²) in [4.78, 5) is 1.95. The number of hydrogen-bond donors (Lipinski definition) is 1. The highest BCUT2D eigenvalue weighted by atomic mass is 35.5. The second-order valence-electron chi connectivity index (χ2n) is 4.75. The molecule has 0 aliphatic heterocycles. The first-order chi connectivity index (χ1) is 12.8. The van der Waals surface area contributed by atoms with Gasteiger partial charge >= 0.3 is 11.7 Å². The lowest BCUT2D eigenvalue weighted by Gasteiger charge is -2.13. The molecule has 1 aromatic carbocycles. The molecule has 1 atom stereocenters. The number of alkyl halides is 6. The van der Waals surface area contributed by atoms with E-state index in [2.05, 4.69) is 10.1 Å². The fraction of sp³-hybridized carbons (Fsp3) is 0.154. The van der Waals surface area contributed by atoms with Gasteiger partial charge in [-0.15, -0.1) is 0 Å². The smallest absolute Gasteiger partial charge is 0.245 e. The molecule has 1 aromatic heterocycles. The van der Waals surface area contributed by atoms with Crippen molar-refractivity contribution in [1.82, 2.24) is 9.78 Å². The van der Waals surface area contributed by atoms with Crippen molar-refractivity contribution < 1.29 is 30.6 Å². The van der Waals surface area contributed by atoms with E-state index in [1.165, 1.54) is 12.1 Å². The number of hydrogen-bond acceptors (Lipinski definition) is 5. The lowest BCUT2D eigenvalue weighted by Crippen LogP contribution is -2.16. The van der Waals surface area contributed by atoms with Crippen LogP contribution in [-0.4, -0.2) is 25.5 Å². The van der Waals surface area contributed by atoms with Crippen LogP contribution < -0.4 is 0 Å². The molecule has 0 bridgehead atoms. The predicted octanol–water partition coefficient (Wildman–Crippen LogP) is 5.08. The lowest BCUT2D eigenvalue weighted by molar-refractivity contribution is -0.137. The van der Waals surface area contributed by atoms with Gasteiger partial charge in [0, 0.05) is 0 Å². The third-order valence-corrected chi connectivity index (χ3v) is 4.78. The standard InChI is InChI=1S/C13H3Cl2F6N5OS/c14-6-1-5(12(16,17)18)2-7(15)9(6)26-11(24-4-23)10(8(3-22)25-26)28(27)13(19,20)21/h1-2,23H. The Hall–Kier alpha value is -2.39. The average molecular weight is 462 g/mol. The van der Waals surface area contributed by atoms with Gasteiger partial charge in [-0.2, -0.15) is 41.7 Å². The second kappa shape index (κ2) is 7.56. The van der Waals surface area contributed by atoms with E-state index in [0.717, 1.165) is 0 Å². The molecule has 28 heavy (non-hydrogen) atoms. The number of benzene rings is 1. The molecule has 0 amide bonds. The van der Waals surface area contributed by atoms with Gasteiger partial charge in [0.2, 0.25) is 0 Å². The van der Waals surface area contributed by atoms with Crippen molar-refractivity contribution >= 4 is 45.8 Å². The summed E-state index contributed by atoms with van der Waals surface area (Å²) < 4.78 is 89.4. The topological polar surface area (TPSA) is 94.9 Å². The van der Waals surface area contributed by atoms with E-state index in [4.69, 9.17) is 33.9 Å². The van der Waals surface area contributed by atoms with E-state index in [0.29, 0.717) is 16.8 Å². The molecule has 0 saturated carbocycles. The average Bonchev–Trinajstić information content (AvgIpc) is 2.90. The Morgan fingerprint density at radius 3 is 2.11 bits per heavy atom. The Morgan fingerprint density at radius 1 is 1.18 bits per heavy atom. The quantitative estimate of drug-likeness (QED) is 0.509. The predicted molar refractivity (Wildman–Crippen MR) is 85.6 cm³/mol. The van der Waals surface area contributed by atoms with Crippen LogP contribution in [0.15, 0.2) is 22.0 Å². The summed E-state index contributed by atoms with van der Waals surface area (Å²) in [6.45, 7) is 0. The van der Waals surface area contributed by atoms with Crippen molar-refractivity contribution in [2.45, 2.75) is 16.6 Å². The van der Waals surface area contributed by atoms with Gasteiger partial charge in [0.15, 0.2) is 22.3 Å². The van der Waals surface area contributed by atoms with Crippen LogP contribution in [0.5, 0.6) is 0 Å². The molecule has 2 aromatic rings. The van der Waals surface area contributed by atoms with E-state index in [-0.39, 0.29) is 0 Å². The van der Waals surface area contributed by atoms with Crippen LogP contribution in [0.25, 0.3) is 5.69 Å². The summed E-state index contributed by atoms with van der Waals surface area (Å²) in [5, 5.41) is 17.9. The minimum absolute atomic E-state index is 0.393. The minimum atomic E-state index is -5.32. The fourth-order valence-electron chi connectivity index (χ4n) is 1.99. The molecular formula is C13H3Cl2F6N5OS. The highest BCUT2D eigenvalue weighted by Crippen LogP contribution is 2.41. The molecule has 0 aliphatic rings. The SMILES string of the molecule is N#Cc1nn(-c2c(Cl)cc(C(F)(F)F)cc2Cl)c(N=C=N)c1S(=O)C(F)(F)F. The first kappa shape index (κ1) is 21.9. The normalized spacial score (nSPS) is 13.0. The molecule has 0 radical (unpaired) electrons. The number of nitrogens with zero attached hydrogens (tertiary/aromatic N) is 4. The maximum Gasteiger partial charge on any atom is 0.476 e. The minimum Gasteiger partial charge on any atom is -0.245 e. The van der Waals surface area contributed by atoms with Crippen molar-refractivity contribution in [2.75, 3.05) is 0 Å². The molecule has 6 nitrogen and oxygen atoms in total. The summed E-state index contributed by atoms with van der Waals surface area (Å²) in [6.07, 6.45) is -4.83. The van der Waals surface area contributed by atoms with Crippen molar-refractivity contribution in [2.24, 2.45) is 4.99 Å². The summed E-state index contributed by atoms with van der Waals surface area (Å²) >= 11 is 11.6. The zero-order chi connectivity index (χ0) is 21.4. The molecule has 1 N–H and O–H groups in total. The Morgan fingerprint density at radius 2 is 1.71 bits per heavy atom. The van der Waals surface area contributed by atoms with E-state index in [9.17, 15) is 30.6 Å². The van der Waals surface area contributed by atoms with Crippen LogP contribution in [0.3, 0.4) is 0 Å². The largest absolute Gasteiger partial charge is 0.476 e. The summed E-state index contributed by atoms with van der Waals surface area (Å²) in [5.41, 5.74) is -8.14. The molecule has 148 valence electrons. The number of aliphatic imine (C=N–C) groups is 1. The van der Waals surface area contributed by atoms with Gasteiger partial charge in [0.1, 0.15) is 16.7 Å². The Labute approximate surface area is 164 Å². The zero-order valence-corrected chi connectivity index (χ0v) is 15.1. The van der Waals surface area contributed by atoms with Gasteiger partial charge in [-0.05, 0) is 12.1 Å². The van der Waals surface area contributed by atoms with E-state index in [1.54, 1.807) is 0 Å². The molecule has 1 unspecified atom stereocenters. The van der Waals surface area contributed by atoms with Crippen molar-refractivity contribution in [3.05, 3.63) is 33.4 Å². The highest BCUT2D eigenvalue weighted by molar-refractivity contribution is 7.86. The van der Waals surface area contributed by atoms with E-state index < -0.39 is 60.2 Å². The van der Waals surface area contributed by atoms with E-state index in [1.807, 2.05) is 0 Å². The number of nitrogens with one attached hydrogen (secondary N) is 1. The molecule has 0 spiro atoms. The molecule has 0 fully saturated rings. The molecular weight excluding hydrogens is 459 g/mol. The van der Waals surface area contributed by atoms with Crippen LogP contribution in [-0.2, 0) is 17.0 Å². The lowest BCUT2D eigenvalue weighted by atomic mass is 10.2. The second-order valence-corrected chi connectivity index (χ2v) is 6.97. The Balaban J connectivity index is 2.89. The maximum atomic E-state index is 12.9. The van der Waals surface area contributed by atoms with Gasteiger partial charge in [-0.25, -0.2) is 14.3 Å². The van der Waals surface area contributed by atoms with E-state index >= 15 is 0 Å². The van der Waals surface area contributed by atoms with Gasteiger partial charge in [-0.1, -0.05) is 23.2 Å². The van der Waals surface area contributed by atoms with Gasteiger partial charge < -0.3 is 0 Å².